The summed E-state index contributed by atoms with van der Waals surface area (Å²) in [6.07, 6.45) is 1.28. The molecule has 1 amide bonds. The number of hydrogen-bond acceptors (Lipinski definition) is 6. The van der Waals surface area contributed by atoms with Crippen molar-refractivity contribution in [1.29, 1.82) is 0 Å². The molecule has 4 rings (SSSR count). The molecule has 0 unspecified atom stereocenters. The second-order valence-electron chi connectivity index (χ2n) is 8.02. The van der Waals surface area contributed by atoms with Crippen molar-refractivity contribution in [2.45, 2.75) is 13.5 Å². The molecule has 1 aliphatic rings. The average molecular weight is 659 g/mol. The highest BCUT2D eigenvalue weighted by molar-refractivity contribution is 14.1. The predicted molar refractivity (Wildman–Crippen MR) is 138 cm³/mol. The van der Waals surface area contributed by atoms with Crippen LogP contribution in [-0.4, -0.2) is 23.7 Å². The molecule has 1 heterocycles. The molecular weight excluding hydrogens is 644 g/mol. The molecule has 3 aromatic rings. The van der Waals surface area contributed by atoms with Crippen LogP contribution in [0.3, 0.4) is 0 Å². The Kier molecular flexibility index (Phi) is 7.85. The zero-order valence-corrected chi connectivity index (χ0v) is 22.1. The van der Waals surface area contributed by atoms with Crippen molar-refractivity contribution in [3.8, 4) is 11.5 Å². The molecule has 0 bridgehead atoms. The number of hydrazone groups is 1. The standard InChI is InChI=1S/C25H15F5IN3O5/c1-11-16(25(35)33(32-11)23-21(29)19(27)18(26)20(28)22(23)30)8-13-7-14(31)9-17(38-2)24(13)39-10-12-3-5-15(6-4-12)34(36)37/h3-9H,10H2,1-2H3/b16-8-. The van der Waals surface area contributed by atoms with Crippen molar-refractivity contribution in [2.75, 3.05) is 12.1 Å². The van der Waals surface area contributed by atoms with E-state index >= 15 is 0 Å². The number of carbonyl (C=O) groups is 1. The summed E-state index contributed by atoms with van der Waals surface area (Å²) in [6, 6.07) is 8.83. The van der Waals surface area contributed by atoms with Crippen molar-refractivity contribution < 1.29 is 41.1 Å². The normalized spacial score (nSPS) is 14.2. The Morgan fingerprint density at radius 3 is 2.18 bits per heavy atom. The van der Waals surface area contributed by atoms with E-state index < -0.39 is 45.6 Å². The number of benzene rings is 3. The monoisotopic (exact) mass is 659 g/mol. The molecule has 0 aliphatic carbocycles. The number of hydrogen-bond donors (Lipinski definition) is 0. The van der Waals surface area contributed by atoms with E-state index in [1.165, 1.54) is 44.4 Å². The Bertz CT molecular complexity index is 1550. The maximum Gasteiger partial charge on any atom is 0.280 e. The average Bonchev–Trinajstić information content (AvgIpc) is 3.18. The number of carbonyl (C=O) groups excluding carboxylic acids is 1. The van der Waals surface area contributed by atoms with Crippen molar-refractivity contribution in [1.82, 2.24) is 0 Å². The number of non-ortho nitro benzene ring substituents is 1. The molecule has 0 radical (unpaired) electrons. The number of nitro groups is 1. The van der Waals surface area contributed by atoms with Crippen LogP contribution in [0, 0.1) is 42.8 Å². The smallest absolute Gasteiger partial charge is 0.280 e. The van der Waals surface area contributed by atoms with Gasteiger partial charge in [0.25, 0.3) is 11.6 Å². The van der Waals surface area contributed by atoms with Crippen LogP contribution >= 0.6 is 22.6 Å². The van der Waals surface area contributed by atoms with Gasteiger partial charge in [0.1, 0.15) is 12.3 Å². The number of rotatable bonds is 7. The Balaban J connectivity index is 1.72. The van der Waals surface area contributed by atoms with Crippen molar-refractivity contribution in [3.63, 3.8) is 0 Å². The molecule has 0 atom stereocenters. The van der Waals surface area contributed by atoms with Gasteiger partial charge in [-0.1, -0.05) is 0 Å². The molecule has 8 nitrogen and oxygen atoms in total. The van der Waals surface area contributed by atoms with Crippen LogP contribution in [0.25, 0.3) is 6.08 Å². The predicted octanol–water partition coefficient (Wildman–Crippen LogP) is 6.29. The van der Waals surface area contributed by atoms with Crippen LogP contribution in [0.4, 0.5) is 33.3 Å². The van der Waals surface area contributed by atoms with E-state index in [4.69, 9.17) is 9.47 Å². The van der Waals surface area contributed by atoms with Gasteiger partial charge in [0, 0.05) is 21.3 Å². The fraction of sp³-hybridized carbons (Fsp3) is 0.120. The number of ether oxygens (including phenoxy) is 2. The van der Waals surface area contributed by atoms with Crippen LogP contribution in [0.5, 0.6) is 11.5 Å². The number of nitrogens with zero attached hydrogens (tertiary/aromatic N) is 3. The minimum absolute atomic E-state index is 0.0528. The van der Waals surface area contributed by atoms with Gasteiger partial charge in [-0.25, -0.2) is 22.0 Å². The third kappa shape index (κ3) is 5.28. The fourth-order valence-corrected chi connectivity index (χ4v) is 4.26. The number of halogens is 6. The summed E-state index contributed by atoms with van der Waals surface area (Å²) in [6.45, 7) is 1.27. The second-order valence-corrected chi connectivity index (χ2v) is 9.26. The Labute approximate surface area is 230 Å². The molecule has 0 fully saturated rings. The van der Waals surface area contributed by atoms with Gasteiger partial charge in [-0.15, -0.1) is 0 Å². The molecule has 39 heavy (non-hydrogen) atoms. The lowest BCUT2D eigenvalue weighted by Crippen LogP contribution is -2.25. The van der Waals surface area contributed by atoms with E-state index in [-0.39, 0.29) is 45.7 Å². The van der Waals surface area contributed by atoms with Gasteiger partial charge in [0.05, 0.1) is 23.3 Å². The highest BCUT2D eigenvalue weighted by Gasteiger charge is 2.37. The molecule has 0 spiro atoms. The van der Waals surface area contributed by atoms with Gasteiger partial charge >= 0.3 is 0 Å². The summed E-state index contributed by atoms with van der Waals surface area (Å²) < 4.78 is 81.7. The summed E-state index contributed by atoms with van der Waals surface area (Å²) in [7, 11) is 1.37. The maximum atomic E-state index is 14.4. The molecule has 0 saturated heterocycles. The van der Waals surface area contributed by atoms with Gasteiger partial charge in [-0.05, 0) is 65.4 Å². The Morgan fingerprint density at radius 1 is 1.03 bits per heavy atom. The van der Waals surface area contributed by atoms with Crippen molar-refractivity contribution in [3.05, 3.63) is 95.9 Å². The second kappa shape index (κ2) is 11.0. The van der Waals surface area contributed by atoms with Gasteiger partial charge in [-0.2, -0.15) is 10.1 Å². The van der Waals surface area contributed by atoms with Gasteiger partial charge in [0.2, 0.25) is 5.82 Å². The fourth-order valence-electron chi connectivity index (χ4n) is 3.64. The van der Waals surface area contributed by atoms with Crippen LogP contribution in [0.1, 0.15) is 18.1 Å². The molecule has 0 aromatic heterocycles. The maximum absolute atomic E-state index is 14.4. The SMILES string of the molecule is COc1cc(I)cc(/C=C2\C(=O)N(c3c(F)c(F)c(F)c(F)c3F)N=C2C)c1OCc1ccc([N+](=O)[O-])cc1. The molecule has 0 saturated carbocycles. The first kappa shape index (κ1) is 27.9. The lowest BCUT2D eigenvalue weighted by atomic mass is 10.1. The lowest BCUT2D eigenvalue weighted by molar-refractivity contribution is -0.384. The van der Waals surface area contributed by atoms with Gasteiger partial charge < -0.3 is 9.47 Å². The topological polar surface area (TPSA) is 94.3 Å². The molecule has 0 N–H and O–H groups in total. The van der Waals surface area contributed by atoms with Gasteiger partial charge in [0.15, 0.2) is 34.8 Å². The van der Waals surface area contributed by atoms with Crippen LogP contribution < -0.4 is 14.5 Å². The van der Waals surface area contributed by atoms with E-state index in [1.54, 1.807) is 12.1 Å². The van der Waals surface area contributed by atoms with Crippen molar-refractivity contribution in [2.24, 2.45) is 5.10 Å². The van der Waals surface area contributed by atoms with E-state index in [0.29, 0.717) is 9.13 Å². The largest absolute Gasteiger partial charge is 0.493 e. The number of methoxy groups -OCH3 is 1. The van der Waals surface area contributed by atoms with E-state index in [2.05, 4.69) is 5.10 Å². The third-order valence-electron chi connectivity index (χ3n) is 5.56. The first-order valence-corrected chi connectivity index (χ1v) is 11.9. The number of anilines is 1. The first-order chi connectivity index (χ1) is 18.4. The summed E-state index contributed by atoms with van der Waals surface area (Å²) in [5, 5.41) is 14.7. The van der Waals surface area contributed by atoms with E-state index in [0.717, 1.165) is 0 Å². The zero-order valence-electron chi connectivity index (χ0n) is 19.9. The minimum Gasteiger partial charge on any atom is -0.493 e. The van der Waals surface area contributed by atoms with Crippen LogP contribution in [0.2, 0.25) is 0 Å². The van der Waals surface area contributed by atoms with E-state index in [1.807, 2.05) is 22.6 Å². The summed E-state index contributed by atoms with van der Waals surface area (Å²) >= 11 is 1.98. The highest BCUT2D eigenvalue weighted by atomic mass is 127. The minimum atomic E-state index is -2.36. The Morgan fingerprint density at radius 2 is 1.62 bits per heavy atom. The quantitative estimate of drug-likeness (QED) is 0.0566. The lowest BCUT2D eigenvalue weighted by Gasteiger charge is -2.16. The van der Waals surface area contributed by atoms with Gasteiger partial charge in [-0.3, -0.25) is 14.9 Å². The zero-order chi connectivity index (χ0) is 28.6. The Hall–Kier alpha value is -4.08. The first-order valence-electron chi connectivity index (χ1n) is 10.8. The highest BCUT2D eigenvalue weighted by Crippen LogP contribution is 2.38. The molecular formula is C25H15F5IN3O5. The molecule has 3 aromatic carbocycles. The summed E-state index contributed by atoms with van der Waals surface area (Å²) in [5.41, 5.74) is -1.03. The van der Waals surface area contributed by atoms with Crippen LogP contribution in [0.15, 0.2) is 47.1 Å². The summed E-state index contributed by atoms with van der Waals surface area (Å²) in [5.74, 6) is -11.9. The number of amides is 1. The van der Waals surface area contributed by atoms with Crippen molar-refractivity contribution >= 4 is 51.7 Å². The number of nitro benzene ring substituents is 1. The summed E-state index contributed by atoms with van der Waals surface area (Å²) in [4.78, 5) is 23.4. The van der Waals surface area contributed by atoms with E-state index in [9.17, 15) is 36.9 Å². The molecule has 202 valence electrons. The van der Waals surface area contributed by atoms with Crippen LogP contribution in [-0.2, 0) is 11.4 Å². The molecule has 14 heteroatoms. The third-order valence-corrected chi connectivity index (χ3v) is 6.18. The molecule has 1 aliphatic heterocycles.